The van der Waals surface area contributed by atoms with Gasteiger partial charge in [-0.25, -0.2) is 0 Å². The Hall–Kier alpha value is -3.68. The molecule has 9 heteroatoms. The van der Waals surface area contributed by atoms with Crippen molar-refractivity contribution in [3.63, 3.8) is 0 Å². The number of hydrogen-bond donors (Lipinski definition) is 0. The van der Waals surface area contributed by atoms with Gasteiger partial charge in [0.15, 0.2) is 18.2 Å². The van der Waals surface area contributed by atoms with Gasteiger partial charge in [0.25, 0.3) is 5.69 Å². The molecule has 4 aromatic rings. The molecule has 1 aromatic heterocycles. The molecule has 33 heavy (non-hydrogen) atoms. The van der Waals surface area contributed by atoms with E-state index < -0.39 is 22.7 Å². The molecular weight excluding hydrogens is 469 g/mol. The van der Waals surface area contributed by atoms with E-state index in [4.69, 9.17) is 32.4 Å². The smallest absolute Gasteiger partial charge is 0.270 e. The predicted octanol–water partition coefficient (Wildman–Crippen LogP) is 6.25. The molecule has 0 aliphatic carbocycles. The van der Waals surface area contributed by atoms with Crippen LogP contribution in [0.2, 0.25) is 10.0 Å². The topological polar surface area (TPSA) is 99.7 Å². The third-order valence-electron chi connectivity index (χ3n) is 4.96. The van der Waals surface area contributed by atoms with E-state index in [1.807, 2.05) is 0 Å². The van der Waals surface area contributed by atoms with E-state index in [-0.39, 0.29) is 28.1 Å². The zero-order chi connectivity index (χ0) is 23.7. The molecule has 0 atom stereocenters. The fourth-order valence-electron chi connectivity index (χ4n) is 3.23. The standard InChI is InChI=1S/C24H15Cl2NO6/c1-13-9-21-18(11-19(13)26)22(29)24(23(33-21)14-5-7-16(25)8-6-14)32-12-20(28)15-3-2-4-17(10-15)27(30)31/h2-11H,12H2,1H3. The SMILES string of the molecule is Cc1cc2oc(-c3ccc(Cl)cc3)c(OCC(=O)c3cccc([N+](=O)[O-])c3)c(=O)c2cc1Cl. The lowest BCUT2D eigenvalue weighted by atomic mass is 10.1. The number of ether oxygens (including phenoxy) is 1. The minimum atomic E-state index is -0.597. The first-order chi connectivity index (χ1) is 15.7. The number of carbonyl (C=O) groups is 1. The van der Waals surface area contributed by atoms with Gasteiger partial charge in [-0.2, -0.15) is 0 Å². The molecule has 3 aromatic carbocycles. The van der Waals surface area contributed by atoms with Crippen molar-refractivity contribution < 1.29 is 18.9 Å². The van der Waals surface area contributed by atoms with Gasteiger partial charge in [-0.05, 0) is 48.9 Å². The number of carbonyl (C=O) groups excluding carboxylic acids is 1. The fraction of sp³-hybridized carbons (Fsp3) is 0.0833. The van der Waals surface area contributed by atoms with Gasteiger partial charge in [-0.3, -0.25) is 19.7 Å². The normalized spacial score (nSPS) is 10.9. The van der Waals surface area contributed by atoms with Crippen LogP contribution in [0.4, 0.5) is 5.69 Å². The summed E-state index contributed by atoms with van der Waals surface area (Å²) >= 11 is 12.2. The molecule has 0 unspecified atom stereocenters. The van der Waals surface area contributed by atoms with Crippen LogP contribution in [0.3, 0.4) is 0 Å². The summed E-state index contributed by atoms with van der Waals surface area (Å²) in [4.78, 5) is 36.3. The molecule has 0 saturated carbocycles. The summed E-state index contributed by atoms with van der Waals surface area (Å²) in [6, 6.07) is 15.0. The van der Waals surface area contributed by atoms with Crippen LogP contribution < -0.4 is 10.2 Å². The van der Waals surface area contributed by atoms with Crippen LogP contribution in [0.25, 0.3) is 22.3 Å². The first-order valence-electron chi connectivity index (χ1n) is 9.68. The van der Waals surface area contributed by atoms with E-state index in [1.165, 1.54) is 24.3 Å². The summed E-state index contributed by atoms with van der Waals surface area (Å²) in [5.74, 6) is -0.594. The summed E-state index contributed by atoms with van der Waals surface area (Å²) in [7, 11) is 0. The largest absolute Gasteiger partial charge is 0.478 e. The minimum absolute atomic E-state index is 0.0843. The van der Waals surface area contributed by atoms with Crippen molar-refractivity contribution in [3.05, 3.63) is 102 Å². The number of aryl methyl sites for hydroxylation is 1. The van der Waals surface area contributed by atoms with E-state index in [9.17, 15) is 19.7 Å². The molecule has 0 aliphatic heterocycles. The first kappa shape index (κ1) is 22.5. The number of halogens is 2. The first-order valence-corrected chi connectivity index (χ1v) is 10.4. The van der Waals surface area contributed by atoms with Crippen molar-refractivity contribution in [1.82, 2.24) is 0 Å². The minimum Gasteiger partial charge on any atom is -0.478 e. The molecule has 0 amide bonds. The Morgan fingerprint density at radius 3 is 2.52 bits per heavy atom. The number of nitrogens with zero attached hydrogens (tertiary/aromatic N) is 1. The Labute approximate surface area is 197 Å². The number of hydrogen-bond acceptors (Lipinski definition) is 6. The molecule has 0 fully saturated rings. The number of nitro benzene ring substituents is 1. The van der Waals surface area contributed by atoms with Crippen LogP contribution in [-0.4, -0.2) is 17.3 Å². The average molecular weight is 484 g/mol. The highest BCUT2D eigenvalue weighted by atomic mass is 35.5. The zero-order valence-electron chi connectivity index (χ0n) is 17.1. The molecule has 1 heterocycles. The highest BCUT2D eigenvalue weighted by Gasteiger charge is 2.21. The second-order valence-electron chi connectivity index (χ2n) is 7.21. The predicted molar refractivity (Wildman–Crippen MR) is 126 cm³/mol. The van der Waals surface area contributed by atoms with Crippen LogP contribution in [0.5, 0.6) is 5.75 Å². The van der Waals surface area contributed by atoms with Crippen LogP contribution in [0.15, 0.2) is 69.9 Å². The molecule has 0 aliphatic rings. The van der Waals surface area contributed by atoms with Gasteiger partial charge < -0.3 is 9.15 Å². The lowest BCUT2D eigenvalue weighted by Crippen LogP contribution is -2.17. The van der Waals surface area contributed by atoms with E-state index >= 15 is 0 Å². The maximum Gasteiger partial charge on any atom is 0.270 e. The van der Waals surface area contributed by atoms with Gasteiger partial charge in [0, 0.05) is 33.3 Å². The van der Waals surface area contributed by atoms with Crippen molar-refractivity contribution in [3.8, 4) is 17.1 Å². The van der Waals surface area contributed by atoms with E-state index in [0.717, 1.165) is 11.6 Å². The van der Waals surface area contributed by atoms with E-state index in [2.05, 4.69) is 0 Å². The Morgan fingerprint density at radius 2 is 1.82 bits per heavy atom. The number of Topliss-reactive ketones (excluding diaryl/α,β-unsaturated/α-hetero) is 1. The molecule has 0 N–H and O–H groups in total. The summed E-state index contributed by atoms with van der Waals surface area (Å²) < 4.78 is 11.6. The van der Waals surface area contributed by atoms with Crippen molar-refractivity contribution in [1.29, 1.82) is 0 Å². The fourth-order valence-corrected chi connectivity index (χ4v) is 3.52. The molecular formula is C24H15Cl2NO6. The summed E-state index contributed by atoms with van der Waals surface area (Å²) in [6.45, 7) is 1.25. The molecule has 0 bridgehead atoms. The maximum absolute atomic E-state index is 13.3. The molecule has 0 spiro atoms. The Morgan fingerprint density at radius 1 is 1.09 bits per heavy atom. The molecule has 0 saturated heterocycles. The van der Waals surface area contributed by atoms with Crippen LogP contribution in [0, 0.1) is 17.0 Å². The highest BCUT2D eigenvalue weighted by molar-refractivity contribution is 6.32. The van der Waals surface area contributed by atoms with Crippen molar-refractivity contribution in [2.24, 2.45) is 0 Å². The van der Waals surface area contributed by atoms with Crippen LogP contribution in [-0.2, 0) is 0 Å². The number of rotatable bonds is 6. The van der Waals surface area contributed by atoms with Crippen LogP contribution in [0.1, 0.15) is 15.9 Å². The van der Waals surface area contributed by atoms with Crippen molar-refractivity contribution >= 4 is 45.6 Å². The molecule has 4 rings (SSSR count). The van der Waals surface area contributed by atoms with Gasteiger partial charge in [-0.15, -0.1) is 0 Å². The maximum atomic E-state index is 13.3. The Kier molecular flexibility index (Phi) is 6.18. The molecule has 0 radical (unpaired) electrons. The van der Waals surface area contributed by atoms with Crippen LogP contribution >= 0.6 is 23.2 Å². The van der Waals surface area contributed by atoms with Gasteiger partial charge in [0.2, 0.25) is 11.2 Å². The van der Waals surface area contributed by atoms with Gasteiger partial charge in [0.1, 0.15) is 5.58 Å². The van der Waals surface area contributed by atoms with Gasteiger partial charge in [0.05, 0.1) is 10.3 Å². The Balaban J connectivity index is 1.78. The van der Waals surface area contributed by atoms with E-state index in [1.54, 1.807) is 37.3 Å². The number of non-ortho nitro benzene ring substituents is 1. The van der Waals surface area contributed by atoms with E-state index in [0.29, 0.717) is 21.2 Å². The average Bonchev–Trinajstić information content (AvgIpc) is 2.80. The second-order valence-corrected chi connectivity index (χ2v) is 8.06. The number of ketones is 1. The number of benzene rings is 3. The second kappa shape index (κ2) is 9.05. The lowest BCUT2D eigenvalue weighted by molar-refractivity contribution is -0.384. The lowest BCUT2D eigenvalue weighted by Gasteiger charge is -2.12. The number of fused-ring (bicyclic) bond motifs is 1. The van der Waals surface area contributed by atoms with Gasteiger partial charge in [-0.1, -0.05) is 35.3 Å². The third-order valence-corrected chi connectivity index (χ3v) is 5.62. The zero-order valence-corrected chi connectivity index (χ0v) is 18.6. The summed E-state index contributed by atoms with van der Waals surface area (Å²) in [6.07, 6.45) is 0. The highest BCUT2D eigenvalue weighted by Crippen LogP contribution is 2.33. The molecule has 166 valence electrons. The van der Waals surface area contributed by atoms with Crippen molar-refractivity contribution in [2.45, 2.75) is 6.92 Å². The summed E-state index contributed by atoms with van der Waals surface area (Å²) in [5.41, 5.74) is 0.908. The third kappa shape index (κ3) is 4.60. The number of nitro groups is 1. The quantitative estimate of drug-likeness (QED) is 0.182. The monoisotopic (exact) mass is 483 g/mol. The molecule has 7 nitrogen and oxygen atoms in total. The summed E-state index contributed by atoms with van der Waals surface area (Å²) in [5, 5.41) is 12.1. The van der Waals surface area contributed by atoms with Crippen molar-refractivity contribution in [2.75, 3.05) is 6.61 Å². The Bertz CT molecular complexity index is 1460. The van der Waals surface area contributed by atoms with Gasteiger partial charge >= 0.3 is 0 Å².